The van der Waals surface area contributed by atoms with Crippen LogP contribution in [0.5, 0.6) is 5.75 Å². The van der Waals surface area contributed by atoms with Gasteiger partial charge in [-0.05, 0) is 43.9 Å². The number of aromatic nitrogens is 3. The number of alkyl halides is 3. The third kappa shape index (κ3) is 7.59. The highest BCUT2D eigenvalue weighted by Gasteiger charge is 2.34. The Labute approximate surface area is 200 Å². The fourth-order valence-electron chi connectivity index (χ4n) is 3.60. The van der Waals surface area contributed by atoms with Crippen LogP contribution in [0.4, 0.5) is 19.0 Å². The van der Waals surface area contributed by atoms with Gasteiger partial charge in [0.05, 0.1) is 0 Å². The molecule has 0 fully saturated rings. The van der Waals surface area contributed by atoms with E-state index in [1.54, 1.807) is 24.3 Å². The predicted octanol–water partition coefficient (Wildman–Crippen LogP) is 2.89. The van der Waals surface area contributed by atoms with Crippen molar-refractivity contribution in [3.8, 4) is 5.75 Å². The molecule has 194 valence electrons. The van der Waals surface area contributed by atoms with Crippen molar-refractivity contribution in [3.05, 3.63) is 50.7 Å². The zero-order valence-electron chi connectivity index (χ0n) is 20.3. The van der Waals surface area contributed by atoms with Gasteiger partial charge in [0.2, 0.25) is 11.4 Å². The normalized spacial score (nSPS) is 13.3. The Balaban J connectivity index is 2.20. The second kappa shape index (κ2) is 11.4. The topological polar surface area (TPSA) is 107 Å². The highest BCUT2D eigenvalue weighted by molar-refractivity contribution is 5.77. The third-order valence-electron chi connectivity index (χ3n) is 5.61. The quantitative estimate of drug-likeness (QED) is 0.478. The van der Waals surface area contributed by atoms with Gasteiger partial charge >= 0.3 is 17.8 Å². The highest BCUT2D eigenvalue weighted by Crippen LogP contribution is 2.24. The molecule has 1 heterocycles. The van der Waals surface area contributed by atoms with Crippen molar-refractivity contribution >= 4 is 11.8 Å². The Morgan fingerprint density at radius 3 is 2.29 bits per heavy atom. The number of carboxylic acid groups (broad SMARTS) is 1. The molecule has 35 heavy (non-hydrogen) atoms. The van der Waals surface area contributed by atoms with Crippen LogP contribution < -0.4 is 20.9 Å². The summed E-state index contributed by atoms with van der Waals surface area (Å²) in [6.07, 6.45) is -4.25. The number of ether oxygens (including phenoxy) is 1. The number of halogens is 3. The molecule has 2 aromatic rings. The Kier molecular flexibility index (Phi) is 9.11. The minimum Gasteiger partial charge on any atom is -0.478 e. The molecule has 1 aromatic carbocycles. The first-order chi connectivity index (χ1) is 16.3. The van der Waals surface area contributed by atoms with E-state index in [4.69, 9.17) is 4.74 Å². The molecule has 1 aromatic heterocycles. The first-order valence-electron chi connectivity index (χ1n) is 11.2. The fourth-order valence-corrected chi connectivity index (χ4v) is 3.60. The molecule has 12 heteroatoms. The molecule has 0 spiro atoms. The summed E-state index contributed by atoms with van der Waals surface area (Å²) >= 11 is 0. The molecule has 1 N–H and O–H groups in total. The second-order valence-electron chi connectivity index (χ2n) is 8.58. The van der Waals surface area contributed by atoms with E-state index in [0.717, 1.165) is 14.8 Å². The van der Waals surface area contributed by atoms with E-state index >= 15 is 0 Å². The van der Waals surface area contributed by atoms with Gasteiger partial charge in [-0.2, -0.15) is 13.2 Å². The fraction of sp³-hybridized carbons (Fsp3) is 0.565. The summed E-state index contributed by atoms with van der Waals surface area (Å²) in [6.45, 7) is 3.48. The van der Waals surface area contributed by atoms with Crippen LogP contribution in [0, 0.1) is 0 Å². The van der Waals surface area contributed by atoms with Gasteiger partial charge in [-0.1, -0.05) is 25.5 Å². The van der Waals surface area contributed by atoms with Gasteiger partial charge < -0.3 is 14.7 Å². The van der Waals surface area contributed by atoms with Crippen LogP contribution in [0.3, 0.4) is 0 Å². The lowest BCUT2D eigenvalue weighted by Crippen LogP contribution is -2.44. The smallest absolute Gasteiger partial charge is 0.389 e. The van der Waals surface area contributed by atoms with Crippen LogP contribution in [0.1, 0.15) is 45.1 Å². The lowest BCUT2D eigenvalue weighted by molar-refractivity contribution is -0.154. The minimum atomic E-state index is -4.33. The average molecular weight is 501 g/mol. The number of nitrogens with zero attached hydrogens (tertiary/aromatic N) is 4. The van der Waals surface area contributed by atoms with E-state index < -0.39 is 35.4 Å². The minimum absolute atomic E-state index is 0.0743. The number of hydrogen-bond acceptors (Lipinski definition) is 6. The van der Waals surface area contributed by atoms with Crippen molar-refractivity contribution in [2.45, 2.75) is 57.7 Å². The molecule has 9 nitrogen and oxygen atoms in total. The molecule has 0 radical (unpaired) electrons. The van der Waals surface area contributed by atoms with Crippen molar-refractivity contribution in [2.24, 2.45) is 14.1 Å². The number of carboxylic acids is 1. The van der Waals surface area contributed by atoms with Gasteiger partial charge in [0.15, 0.2) is 0 Å². The van der Waals surface area contributed by atoms with Crippen molar-refractivity contribution in [1.29, 1.82) is 0 Å². The molecule has 0 amide bonds. The number of anilines is 1. The SMILES string of the molecule is CCCC(C)(Oc1ccc(CCN(CCCC(F)(F)F)c2nn(C)c(=O)n(C)c2=O)cc1)C(=O)O. The first kappa shape index (κ1) is 27.9. The molecule has 0 bridgehead atoms. The molecule has 0 aliphatic carbocycles. The standard InChI is InChI=1S/C23H31F3N4O5/c1-5-12-22(2,20(32)33)35-17-9-7-16(8-10-17)11-15-30(14-6-13-23(24,25)26)18-19(31)28(3)21(34)29(4)27-18/h7-10H,5-6,11-15H2,1-4H3,(H,32,33). The van der Waals surface area contributed by atoms with Crippen molar-refractivity contribution in [3.63, 3.8) is 0 Å². The summed E-state index contributed by atoms with van der Waals surface area (Å²) < 4.78 is 45.6. The zero-order chi connectivity index (χ0) is 26.4. The van der Waals surface area contributed by atoms with E-state index in [9.17, 15) is 32.7 Å². The number of rotatable bonds is 12. The molecule has 2 rings (SSSR count). The molecule has 0 saturated carbocycles. The summed E-state index contributed by atoms with van der Waals surface area (Å²) in [5.74, 6) is -0.791. The molecule has 1 atom stereocenters. The number of hydrogen-bond donors (Lipinski definition) is 1. The Morgan fingerprint density at radius 1 is 1.11 bits per heavy atom. The van der Waals surface area contributed by atoms with Crippen LogP contribution >= 0.6 is 0 Å². The predicted molar refractivity (Wildman–Crippen MR) is 124 cm³/mol. The molecular formula is C23H31F3N4O5. The number of carbonyl (C=O) groups is 1. The van der Waals surface area contributed by atoms with Gasteiger partial charge in [-0.25, -0.2) is 14.3 Å². The summed E-state index contributed by atoms with van der Waals surface area (Å²) in [6, 6.07) is 6.71. The van der Waals surface area contributed by atoms with Gasteiger partial charge in [-0.3, -0.25) is 9.36 Å². The van der Waals surface area contributed by atoms with E-state index in [1.807, 2.05) is 6.92 Å². The van der Waals surface area contributed by atoms with E-state index in [0.29, 0.717) is 25.0 Å². The third-order valence-corrected chi connectivity index (χ3v) is 5.61. The Morgan fingerprint density at radius 2 is 1.74 bits per heavy atom. The second-order valence-corrected chi connectivity index (χ2v) is 8.58. The number of aryl methyl sites for hydroxylation is 1. The monoisotopic (exact) mass is 500 g/mol. The van der Waals surface area contributed by atoms with Gasteiger partial charge in [0.25, 0.3) is 5.56 Å². The Hall–Kier alpha value is -3.31. The average Bonchev–Trinajstić information content (AvgIpc) is 2.77. The van der Waals surface area contributed by atoms with Crippen LogP contribution in [-0.2, 0) is 25.3 Å². The maximum atomic E-state index is 12.7. The lowest BCUT2D eigenvalue weighted by atomic mass is 10.0. The maximum Gasteiger partial charge on any atom is 0.389 e. The number of benzene rings is 1. The van der Waals surface area contributed by atoms with E-state index in [1.165, 1.54) is 25.9 Å². The summed E-state index contributed by atoms with van der Waals surface area (Å²) in [7, 11) is 2.65. The van der Waals surface area contributed by atoms with Crippen LogP contribution in [0.2, 0.25) is 0 Å². The molecule has 0 aliphatic rings. The molecular weight excluding hydrogens is 469 g/mol. The Bertz CT molecular complexity index is 1130. The lowest BCUT2D eigenvalue weighted by Gasteiger charge is -2.26. The summed E-state index contributed by atoms with van der Waals surface area (Å²) in [5.41, 5.74) is -1.89. The van der Waals surface area contributed by atoms with Gasteiger partial charge in [-0.15, -0.1) is 5.10 Å². The van der Waals surface area contributed by atoms with Crippen molar-refractivity contribution in [2.75, 3.05) is 18.0 Å². The van der Waals surface area contributed by atoms with E-state index in [-0.39, 0.29) is 25.3 Å². The van der Waals surface area contributed by atoms with Crippen LogP contribution in [-0.4, -0.2) is 50.3 Å². The zero-order valence-corrected chi connectivity index (χ0v) is 20.3. The molecule has 0 aliphatic heterocycles. The summed E-state index contributed by atoms with van der Waals surface area (Å²) in [5, 5.41) is 13.5. The molecule has 0 saturated heterocycles. The number of aliphatic carboxylic acids is 1. The van der Waals surface area contributed by atoms with Crippen LogP contribution in [0.15, 0.2) is 33.9 Å². The maximum absolute atomic E-state index is 12.7. The van der Waals surface area contributed by atoms with Crippen LogP contribution in [0.25, 0.3) is 0 Å². The largest absolute Gasteiger partial charge is 0.478 e. The molecule has 1 unspecified atom stereocenters. The highest BCUT2D eigenvalue weighted by atomic mass is 19.4. The summed E-state index contributed by atoms with van der Waals surface area (Å²) in [4.78, 5) is 37.6. The first-order valence-corrected chi connectivity index (χ1v) is 11.2. The van der Waals surface area contributed by atoms with Crippen molar-refractivity contribution in [1.82, 2.24) is 14.3 Å². The van der Waals surface area contributed by atoms with Gasteiger partial charge in [0, 0.05) is 33.6 Å². The van der Waals surface area contributed by atoms with Crippen molar-refractivity contribution < 1.29 is 27.8 Å². The van der Waals surface area contributed by atoms with E-state index in [2.05, 4.69) is 5.10 Å². The van der Waals surface area contributed by atoms with Gasteiger partial charge in [0.1, 0.15) is 5.75 Å².